The first kappa shape index (κ1) is 23.4. The van der Waals surface area contributed by atoms with Gasteiger partial charge in [0.1, 0.15) is 6.04 Å². The molecule has 4 rings (SSSR count). The van der Waals surface area contributed by atoms with Crippen LogP contribution in [-0.2, 0) is 19.1 Å². The van der Waals surface area contributed by atoms with E-state index < -0.39 is 22.6 Å². The van der Waals surface area contributed by atoms with Gasteiger partial charge in [-0.1, -0.05) is 44.1 Å². The highest BCUT2D eigenvalue weighted by Crippen LogP contribution is 2.60. The number of aliphatic hydroxyl groups excluding tert-OH is 1. The summed E-state index contributed by atoms with van der Waals surface area (Å²) >= 11 is 1.58. The molecular weight excluding hydrogens is 428 g/mol. The van der Waals surface area contributed by atoms with E-state index in [4.69, 9.17) is 4.74 Å². The summed E-state index contributed by atoms with van der Waals surface area (Å²) in [5.74, 6) is -1.68. The molecule has 4 aliphatic heterocycles. The minimum atomic E-state index is -0.768. The fourth-order valence-electron chi connectivity index (χ4n) is 5.54. The van der Waals surface area contributed by atoms with Gasteiger partial charge in [-0.2, -0.15) is 0 Å². The number of amides is 2. The van der Waals surface area contributed by atoms with Crippen molar-refractivity contribution in [1.82, 2.24) is 9.80 Å². The van der Waals surface area contributed by atoms with Gasteiger partial charge in [-0.05, 0) is 25.7 Å². The summed E-state index contributed by atoms with van der Waals surface area (Å²) < 4.78 is 4.71. The minimum Gasteiger partial charge on any atom is -0.465 e. The number of fused-ring (bicyclic) bond motifs is 2. The lowest BCUT2D eigenvalue weighted by Gasteiger charge is -2.35. The van der Waals surface area contributed by atoms with Gasteiger partial charge in [0.25, 0.3) is 0 Å². The van der Waals surface area contributed by atoms with Crippen LogP contribution in [0.4, 0.5) is 0 Å². The lowest BCUT2D eigenvalue weighted by molar-refractivity contribution is -0.153. The van der Waals surface area contributed by atoms with Gasteiger partial charge in [0.15, 0.2) is 0 Å². The summed E-state index contributed by atoms with van der Waals surface area (Å²) in [6.45, 7) is 4.12. The van der Waals surface area contributed by atoms with Crippen LogP contribution in [0.25, 0.3) is 0 Å². The molecule has 4 aliphatic rings. The van der Waals surface area contributed by atoms with Crippen molar-refractivity contribution in [2.45, 2.75) is 61.5 Å². The molecule has 32 heavy (non-hydrogen) atoms. The normalized spacial score (nSPS) is 34.0. The van der Waals surface area contributed by atoms with Crippen LogP contribution in [0.15, 0.2) is 24.3 Å². The van der Waals surface area contributed by atoms with Crippen molar-refractivity contribution in [3.05, 3.63) is 24.3 Å². The van der Waals surface area contributed by atoms with Crippen LogP contribution in [0.2, 0.25) is 0 Å². The van der Waals surface area contributed by atoms with Crippen molar-refractivity contribution in [3.8, 4) is 0 Å². The highest BCUT2D eigenvalue weighted by Gasteiger charge is 2.70. The van der Waals surface area contributed by atoms with Crippen LogP contribution in [0.3, 0.4) is 0 Å². The molecule has 0 aromatic carbocycles. The number of esters is 1. The number of rotatable bonds is 8. The van der Waals surface area contributed by atoms with Crippen LogP contribution in [0, 0.1) is 11.8 Å². The maximum absolute atomic E-state index is 13.9. The zero-order valence-corrected chi connectivity index (χ0v) is 19.6. The number of hydrogen-bond donors (Lipinski definition) is 1. The topological polar surface area (TPSA) is 87.2 Å². The fourth-order valence-corrected chi connectivity index (χ4v) is 7.54. The Morgan fingerprint density at radius 1 is 1.12 bits per heavy atom. The van der Waals surface area contributed by atoms with Gasteiger partial charge in [-0.3, -0.25) is 14.4 Å². The van der Waals surface area contributed by atoms with Crippen LogP contribution in [0.5, 0.6) is 0 Å². The standard InChI is InChI=1S/C24H34N2O5S/c1-2-3-5-12-25-13-9-11-24-19(18-17(32-24)10-4-8-16-31-23(18)30)21(28)26(14-6-7-15-27)20(24)22(25)29/h4,9-11,17-20,27H,2-3,5-8,12-16H2,1H3/t17-,18+,19+,20?,24+/m1/s1. The Balaban J connectivity index is 1.71. The molecule has 5 atom stereocenters. The zero-order chi connectivity index (χ0) is 22.7. The number of cyclic esters (lactones) is 1. The predicted molar refractivity (Wildman–Crippen MR) is 123 cm³/mol. The van der Waals surface area contributed by atoms with E-state index in [1.807, 2.05) is 29.2 Å². The smallest absolute Gasteiger partial charge is 0.311 e. The average Bonchev–Trinajstić information content (AvgIpc) is 3.14. The second kappa shape index (κ2) is 10.00. The van der Waals surface area contributed by atoms with E-state index in [0.717, 1.165) is 19.3 Å². The summed E-state index contributed by atoms with van der Waals surface area (Å²) in [4.78, 5) is 44.2. The first-order valence-electron chi connectivity index (χ1n) is 11.9. The van der Waals surface area contributed by atoms with E-state index >= 15 is 0 Å². The third kappa shape index (κ3) is 4.00. The lowest BCUT2D eigenvalue weighted by atomic mass is 9.78. The summed E-state index contributed by atoms with van der Waals surface area (Å²) in [5, 5.41) is 9.06. The first-order chi connectivity index (χ1) is 15.5. The number of aliphatic hydroxyl groups is 1. The predicted octanol–water partition coefficient (Wildman–Crippen LogP) is 2.15. The Bertz CT molecular complexity index is 799. The van der Waals surface area contributed by atoms with Gasteiger partial charge < -0.3 is 19.6 Å². The van der Waals surface area contributed by atoms with E-state index in [1.165, 1.54) is 0 Å². The average molecular weight is 463 g/mol. The molecule has 1 spiro atoms. The molecule has 8 heteroatoms. The number of carbonyl (C=O) groups is 3. The van der Waals surface area contributed by atoms with Crippen LogP contribution in [0.1, 0.15) is 45.4 Å². The Morgan fingerprint density at radius 2 is 1.94 bits per heavy atom. The van der Waals surface area contributed by atoms with E-state index in [2.05, 4.69) is 6.92 Å². The molecule has 2 amide bonds. The molecule has 0 bridgehead atoms. The van der Waals surface area contributed by atoms with Crippen molar-refractivity contribution in [1.29, 1.82) is 0 Å². The molecule has 0 aliphatic carbocycles. The Labute approximate surface area is 194 Å². The molecule has 176 valence electrons. The van der Waals surface area contributed by atoms with Crippen LogP contribution in [-0.4, -0.2) is 81.6 Å². The van der Waals surface area contributed by atoms with Crippen molar-refractivity contribution < 1.29 is 24.2 Å². The highest BCUT2D eigenvalue weighted by atomic mass is 32.2. The fraction of sp³-hybridized carbons (Fsp3) is 0.708. The second-order valence-corrected chi connectivity index (χ2v) is 10.6. The third-order valence-corrected chi connectivity index (χ3v) is 8.79. The zero-order valence-electron chi connectivity index (χ0n) is 18.8. The van der Waals surface area contributed by atoms with Gasteiger partial charge >= 0.3 is 5.97 Å². The molecule has 0 saturated carbocycles. The molecule has 2 fully saturated rings. The molecule has 0 aromatic rings. The molecule has 4 heterocycles. The SMILES string of the molecule is CCCCCN1CC=C[C@]23S[C@@H]4C=CCCOC(=O)[C@@H]4[C@H]2C(=O)N(CCCCO)C3C1=O. The number of ether oxygens (including phenoxy) is 1. The quantitative estimate of drug-likeness (QED) is 0.338. The molecule has 0 radical (unpaired) electrons. The van der Waals surface area contributed by atoms with Crippen molar-refractivity contribution in [2.24, 2.45) is 11.8 Å². The molecular formula is C24H34N2O5S. The largest absolute Gasteiger partial charge is 0.465 e. The molecule has 1 N–H and O–H groups in total. The van der Waals surface area contributed by atoms with Crippen molar-refractivity contribution in [2.75, 3.05) is 32.8 Å². The van der Waals surface area contributed by atoms with Gasteiger partial charge in [0.05, 0.1) is 23.2 Å². The molecule has 2 saturated heterocycles. The van der Waals surface area contributed by atoms with Crippen molar-refractivity contribution >= 4 is 29.5 Å². The summed E-state index contributed by atoms with van der Waals surface area (Å²) in [6, 6.07) is -0.626. The first-order valence-corrected chi connectivity index (χ1v) is 12.8. The Morgan fingerprint density at radius 3 is 2.72 bits per heavy atom. The van der Waals surface area contributed by atoms with Gasteiger partial charge in [-0.15, -0.1) is 11.8 Å². The summed E-state index contributed by atoms with van der Waals surface area (Å²) in [6.07, 6.45) is 13.0. The molecule has 1 unspecified atom stereocenters. The van der Waals surface area contributed by atoms with Crippen LogP contribution >= 0.6 is 11.8 Å². The van der Waals surface area contributed by atoms with Gasteiger partial charge in [0.2, 0.25) is 11.8 Å². The van der Waals surface area contributed by atoms with E-state index in [9.17, 15) is 19.5 Å². The number of hydrogen-bond acceptors (Lipinski definition) is 6. The lowest BCUT2D eigenvalue weighted by Crippen LogP contribution is -2.53. The summed E-state index contributed by atoms with van der Waals surface area (Å²) in [7, 11) is 0. The number of carbonyl (C=O) groups excluding carboxylic acids is 3. The maximum Gasteiger partial charge on any atom is 0.311 e. The van der Waals surface area contributed by atoms with Gasteiger partial charge in [-0.25, -0.2) is 0 Å². The van der Waals surface area contributed by atoms with E-state index in [1.54, 1.807) is 16.7 Å². The molecule has 7 nitrogen and oxygen atoms in total. The minimum absolute atomic E-state index is 0.0231. The van der Waals surface area contributed by atoms with E-state index in [0.29, 0.717) is 45.5 Å². The summed E-state index contributed by atoms with van der Waals surface area (Å²) in [5.41, 5.74) is 0. The Hall–Kier alpha value is -1.80. The number of likely N-dealkylation sites (tertiary alicyclic amines) is 1. The highest BCUT2D eigenvalue weighted by molar-refractivity contribution is 8.02. The number of nitrogens with zero attached hydrogens (tertiary/aromatic N) is 2. The van der Waals surface area contributed by atoms with Gasteiger partial charge in [0, 0.05) is 31.5 Å². The number of unbranched alkanes of at least 4 members (excludes halogenated alkanes) is 3. The third-order valence-electron chi connectivity index (χ3n) is 7.04. The Kier molecular flexibility index (Phi) is 7.30. The number of thioether (sulfide) groups is 1. The second-order valence-electron chi connectivity index (χ2n) is 9.08. The monoisotopic (exact) mass is 462 g/mol. The van der Waals surface area contributed by atoms with Crippen LogP contribution < -0.4 is 0 Å². The van der Waals surface area contributed by atoms with E-state index in [-0.39, 0.29) is 29.6 Å². The van der Waals surface area contributed by atoms with Crippen molar-refractivity contribution in [3.63, 3.8) is 0 Å². The maximum atomic E-state index is 13.9. The molecule has 0 aromatic heterocycles.